The second-order valence-corrected chi connectivity index (χ2v) is 7.25. The van der Waals surface area contributed by atoms with Crippen molar-refractivity contribution in [2.24, 2.45) is 5.73 Å². The summed E-state index contributed by atoms with van der Waals surface area (Å²) in [7, 11) is 0. The molecule has 0 aromatic heterocycles. The Hall–Kier alpha value is -1.98. The number of hydrogen-bond acceptors (Lipinski definition) is 3. The SMILES string of the molecule is CCCCCCCCCCCCCC(C(N)=O)c1ccc(F)c([N+](=O)[O-])c1. The molecule has 0 spiro atoms. The van der Waals surface area contributed by atoms with E-state index in [9.17, 15) is 19.3 Å². The van der Waals surface area contributed by atoms with Crippen molar-refractivity contribution >= 4 is 11.6 Å². The highest BCUT2D eigenvalue weighted by Gasteiger charge is 2.22. The van der Waals surface area contributed by atoms with E-state index in [1.54, 1.807) is 0 Å². The normalized spacial score (nSPS) is 12.1. The van der Waals surface area contributed by atoms with E-state index in [1.807, 2.05) is 0 Å². The van der Waals surface area contributed by atoms with Gasteiger partial charge in [-0.25, -0.2) is 0 Å². The molecule has 0 fully saturated rings. The highest BCUT2D eigenvalue weighted by molar-refractivity contribution is 5.82. The number of primary amides is 1. The van der Waals surface area contributed by atoms with Crippen LogP contribution in [0.5, 0.6) is 0 Å². The fourth-order valence-electron chi connectivity index (χ4n) is 3.37. The van der Waals surface area contributed by atoms with E-state index in [0.717, 1.165) is 31.4 Å². The first-order chi connectivity index (χ1) is 13.0. The molecular formula is C21H33FN2O3. The second kappa shape index (κ2) is 13.2. The van der Waals surface area contributed by atoms with Crippen LogP contribution in [0.25, 0.3) is 0 Å². The smallest absolute Gasteiger partial charge is 0.305 e. The van der Waals surface area contributed by atoms with Crippen molar-refractivity contribution in [3.05, 3.63) is 39.7 Å². The van der Waals surface area contributed by atoms with E-state index in [1.165, 1.54) is 57.4 Å². The van der Waals surface area contributed by atoms with Crippen LogP contribution in [0, 0.1) is 15.9 Å². The van der Waals surface area contributed by atoms with Crippen LogP contribution >= 0.6 is 0 Å². The maximum absolute atomic E-state index is 13.5. The van der Waals surface area contributed by atoms with Crippen LogP contribution < -0.4 is 5.73 Å². The lowest BCUT2D eigenvalue weighted by molar-refractivity contribution is -0.387. The van der Waals surface area contributed by atoms with Gasteiger partial charge in [-0.3, -0.25) is 14.9 Å². The Labute approximate surface area is 161 Å². The summed E-state index contributed by atoms with van der Waals surface area (Å²) in [4.78, 5) is 21.8. The van der Waals surface area contributed by atoms with Crippen LogP contribution in [0.2, 0.25) is 0 Å². The summed E-state index contributed by atoms with van der Waals surface area (Å²) in [6.07, 6.45) is 13.8. The molecule has 0 bridgehead atoms. The summed E-state index contributed by atoms with van der Waals surface area (Å²) < 4.78 is 13.5. The van der Waals surface area contributed by atoms with E-state index >= 15 is 0 Å². The first-order valence-corrected chi connectivity index (χ1v) is 10.2. The molecule has 1 amide bonds. The number of nitro groups is 1. The lowest BCUT2D eigenvalue weighted by atomic mass is 9.92. The molecule has 0 aliphatic rings. The number of hydrogen-bond donors (Lipinski definition) is 1. The number of nitrogens with two attached hydrogens (primary N) is 1. The molecule has 5 nitrogen and oxygen atoms in total. The predicted molar refractivity (Wildman–Crippen MR) is 106 cm³/mol. The van der Waals surface area contributed by atoms with Crippen molar-refractivity contribution in [3.8, 4) is 0 Å². The van der Waals surface area contributed by atoms with Crippen molar-refractivity contribution in [1.29, 1.82) is 0 Å². The predicted octanol–water partition coefficient (Wildman–Crippen LogP) is 6.00. The molecule has 0 radical (unpaired) electrons. The summed E-state index contributed by atoms with van der Waals surface area (Å²) in [6.45, 7) is 2.22. The Balaban J connectivity index is 2.31. The average molecular weight is 381 g/mol. The molecule has 6 heteroatoms. The number of benzene rings is 1. The summed E-state index contributed by atoms with van der Waals surface area (Å²) in [5, 5.41) is 10.9. The van der Waals surface area contributed by atoms with Gasteiger partial charge < -0.3 is 5.73 Å². The zero-order valence-corrected chi connectivity index (χ0v) is 16.4. The van der Waals surface area contributed by atoms with Gasteiger partial charge in [0, 0.05) is 6.07 Å². The van der Waals surface area contributed by atoms with Gasteiger partial charge in [0.25, 0.3) is 0 Å². The molecule has 1 rings (SSSR count). The minimum absolute atomic E-state index is 0.419. The van der Waals surface area contributed by atoms with Gasteiger partial charge in [0.15, 0.2) is 0 Å². The highest BCUT2D eigenvalue weighted by atomic mass is 19.1. The van der Waals surface area contributed by atoms with E-state index in [0.29, 0.717) is 12.0 Å². The van der Waals surface area contributed by atoms with E-state index in [-0.39, 0.29) is 0 Å². The number of amides is 1. The van der Waals surface area contributed by atoms with Crippen LogP contribution in [0.1, 0.15) is 95.5 Å². The second-order valence-electron chi connectivity index (χ2n) is 7.25. The van der Waals surface area contributed by atoms with Crippen molar-refractivity contribution in [2.45, 2.75) is 89.9 Å². The summed E-state index contributed by atoms with van der Waals surface area (Å²) in [5.74, 6) is -2.03. The summed E-state index contributed by atoms with van der Waals surface area (Å²) >= 11 is 0. The van der Waals surface area contributed by atoms with Gasteiger partial charge in [0.2, 0.25) is 11.7 Å². The molecule has 2 N–H and O–H groups in total. The summed E-state index contributed by atoms with van der Waals surface area (Å²) in [5.41, 5.74) is 5.27. The fraction of sp³-hybridized carbons (Fsp3) is 0.667. The van der Waals surface area contributed by atoms with Gasteiger partial charge in [0.1, 0.15) is 0 Å². The lowest BCUT2D eigenvalue weighted by Gasteiger charge is -2.13. The van der Waals surface area contributed by atoms with Crippen LogP contribution in [-0.4, -0.2) is 10.8 Å². The number of carbonyl (C=O) groups is 1. The molecule has 1 aromatic rings. The Morgan fingerprint density at radius 1 is 1.04 bits per heavy atom. The maximum Gasteiger partial charge on any atom is 0.305 e. The lowest BCUT2D eigenvalue weighted by Crippen LogP contribution is -2.21. The summed E-state index contributed by atoms with van der Waals surface area (Å²) in [6, 6.07) is 3.57. The zero-order valence-electron chi connectivity index (χ0n) is 16.4. The van der Waals surface area contributed by atoms with Crippen LogP contribution in [0.15, 0.2) is 18.2 Å². The van der Waals surface area contributed by atoms with E-state index in [2.05, 4.69) is 6.92 Å². The molecule has 0 aliphatic heterocycles. The van der Waals surface area contributed by atoms with Gasteiger partial charge in [-0.05, 0) is 18.1 Å². The number of nitro benzene ring substituents is 1. The third-order valence-electron chi connectivity index (χ3n) is 5.01. The zero-order chi connectivity index (χ0) is 20.1. The molecular weight excluding hydrogens is 347 g/mol. The Kier molecular flexibility index (Phi) is 11.3. The Morgan fingerprint density at radius 3 is 2.04 bits per heavy atom. The van der Waals surface area contributed by atoms with E-state index in [4.69, 9.17) is 5.73 Å². The molecule has 0 saturated heterocycles. The van der Waals surface area contributed by atoms with Crippen molar-refractivity contribution < 1.29 is 14.1 Å². The van der Waals surface area contributed by atoms with Crippen molar-refractivity contribution in [3.63, 3.8) is 0 Å². The number of unbranched alkanes of at least 4 members (excludes halogenated alkanes) is 10. The Morgan fingerprint density at radius 2 is 1.56 bits per heavy atom. The number of nitrogens with zero attached hydrogens (tertiary/aromatic N) is 1. The molecule has 152 valence electrons. The molecule has 27 heavy (non-hydrogen) atoms. The van der Waals surface area contributed by atoms with Crippen LogP contribution in [-0.2, 0) is 4.79 Å². The quantitative estimate of drug-likeness (QED) is 0.230. The molecule has 0 saturated carbocycles. The van der Waals surface area contributed by atoms with Gasteiger partial charge in [-0.15, -0.1) is 0 Å². The molecule has 1 atom stereocenters. The van der Waals surface area contributed by atoms with E-state index < -0.39 is 28.3 Å². The minimum Gasteiger partial charge on any atom is -0.369 e. The average Bonchev–Trinajstić information content (AvgIpc) is 2.63. The maximum atomic E-state index is 13.5. The van der Waals surface area contributed by atoms with Crippen LogP contribution in [0.3, 0.4) is 0 Å². The highest BCUT2D eigenvalue weighted by Crippen LogP contribution is 2.27. The topological polar surface area (TPSA) is 86.2 Å². The van der Waals surface area contributed by atoms with Gasteiger partial charge in [-0.1, -0.05) is 83.6 Å². The molecule has 0 heterocycles. The third kappa shape index (κ3) is 8.98. The largest absolute Gasteiger partial charge is 0.369 e. The molecule has 0 aliphatic carbocycles. The van der Waals surface area contributed by atoms with Gasteiger partial charge in [0.05, 0.1) is 10.8 Å². The number of carbonyl (C=O) groups excluding carboxylic acids is 1. The monoisotopic (exact) mass is 380 g/mol. The third-order valence-corrected chi connectivity index (χ3v) is 5.01. The van der Waals surface area contributed by atoms with Crippen molar-refractivity contribution in [2.75, 3.05) is 0 Å². The minimum atomic E-state index is -0.901. The van der Waals surface area contributed by atoms with Crippen LogP contribution in [0.4, 0.5) is 10.1 Å². The first-order valence-electron chi connectivity index (χ1n) is 10.2. The molecule has 1 aromatic carbocycles. The molecule has 1 unspecified atom stereocenters. The van der Waals surface area contributed by atoms with Crippen molar-refractivity contribution in [1.82, 2.24) is 0 Å². The van der Waals surface area contributed by atoms with Gasteiger partial charge in [-0.2, -0.15) is 4.39 Å². The number of rotatable bonds is 15. The standard InChI is InChI=1S/C21H33FN2O3/c1-2-3-4-5-6-7-8-9-10-11-12-13-18(21(23)25)17-14-15-19(22)20(16-17)24(26)27/h14-16,18H,2-13H2,1H3,(H2,23,25). The first kappa shape index (κ1) is 23.1. The van der Waals surface area contributed by atoms with Gasteiger partial charge >= 0.3 is 5.69 Å². The Bertz CT molecular complexity index is 593. The fourth-order valence-corrected chi connectivity index (χ4v) is 3.37. The number of halogens is 1.